The number of anilines is 1. The molecule has 1 atom stereocenters. The van der Waals surface area contributed by atoms with Crippen LogP contribution in [0.2, 0.25) is 0 Å². The second kappa shape index (κ2) is 7.78. The third-order valence-corrected chi connectivity index (χ3v) is 3.92. The van der Waals surface area contributed by atoms with Gasteiger partial charge in [0.25, 0.3) is 11.5 Å². The van der Waals surface area contributed by atoms with E-state index >= 15 is 0 Å². The van der Waals surface area contributed by atoms with Crippen molar-refractivity contribution in [3.8, 4) is 0 Å². The van der Waals surface area contributed by atoms with Gasteiger partial charge in [-0.2, -0.15) is 0 Å². The van der Waals surface area contributed by atoms with Gasteiger partial charge in [-0.3, -0.25) is 19.2 Å². The van der Waals surface area contributed by atoms with Crippen LogP contribution in [0.5, 0.6) is 0 Å². The molecule has 0 saturated heterocycles. The number of amides is 1. The highest BCUT2D eigenvalue weighted by Gasteiger charge is 2.37. The van der Waals surface area contributed by atoms with Crippen molar-refractivity contribution < 1.29 is 23.5 Å². The molecule has 0 fully saturated rings. The van der Waals surface area contributed by atoms with Gasteiger partial charge >= 0.3 is 5.97 Å². The summed E-state index contributed by atoms with van der Waals surface area (Å²) in [6.45, 7) is 0. The van der Waals surface area contributed by atoms with Crippen LogP contribution in [0.15, 0.2) is 53.3 Å². The number of Topliss-reactive ketones (excluding diaryl/α,β-unsaturated/α-hetero) is 1. The summed E-state index contributed by atoms with van der Waals surface area (Å²) < 4.78 is 17.6. The molecular formula is C19H14FN3O5. The third-order valence-electron chi connectivity index (χ3n) is 3.92. The Kier molecular flexibility index (Phi) is 5.25. The van der Waals surface area contributed by atoms with E-state index in [1.807, 2.05) is 0 Å². The number of carbonyl (C=O) groups is 3. The SMILES string of the molecule is COC(=O)C(C(=O)C(=O)Nc1ccc(F)cc1)c1nc2ccccc2[nH]c1=O. The molecule has 0 aliphatic heterocycles. The monoisotopic (exact) mass is 383 g/mol. The molecule has 8 nitrogen and oxygen atoms in total. The number of nitrogens with zero attached hydrogens (tertiary/aromatic N) is 1. The fourth-order valence-corrected chi connectivity index (χ4v) is 2.56. The average Bonchev–Trinajstić information content (AvgIpc) is 2.69. The van der Waals surface area contributed by atoms with E-state index in [0.717, 1.165) is 19.2 Å². The summed E-state index contributed by atoms with van der Waals surface area (Å²) in [4.78, 5) is 56.1. The summed E-state index contributed by atoms with van der Waals surface area (Å²) in [5.41, 5.74) is -0.369. The van der Waals surface area contributed by atoms with Gasteiger partial charge in [0.1, 0.15) is 11.5 Å². The summed E-state index contributed by atoms with van der Waals surface area (Å²) in [5, 5.41) is 2.25. The summed E-state index contributed by atoms with van der Waals surface area (Å²) in [6, 6.07) is 11.2. The Bertz CT molecular complexity index is 1120. The Hall–Kier alpha value is -3.88. The normalized spacial score (nSPS) is 11.6. The Morgan fingerprint density at radius 1 is 1.11 bits per heavy atom. The van der Waals surface area contributed by atoms with E-state index in [4.69, 9.17) is 0 Å². The van der Waals surface area contributed by atoms with Crippen LogP contribution < -0.4 is 10.9 Å². The fourth-order valence-electron chi connectivity index (χ4n) is 2.56. The second-order valence-electron chi connectivity index (χ2n) is 5.75. The molecule has 0 spiro atoms. The van der Waals surface area contributed by atoms with Gasteiger partial charge in [-0.05, 0) is 36.4 Å². The molecule has 1 amide bonds. The molecule has 1 heterocycles. The molecule has 0 saturated carbocycles. The van der Waals surface area contributed by atoms with Crippen molar-refractivity contribution in [3.63, 3.8) is 0 Å². The lowest BCUT2D eigenvalue weighted by Gasteiger charge is -2.13. The zero-order valence-corrected chi connectivity index (χ0v) is 14.6. The van der Waals surface area contributed by atoms with Gasteiger partial charge in [-0.1, -0.05) is 12.1 Å². The number of ketones is 1. The number of rotatable bonds is 5. The predicted molar refractivity (Wildman–Crippen MR) is 97.2 cm³/mol. The largest absolute Gasteiger partial charge is 0.468 e. The number of methoxy groups -OCH3 is 1. The molecule has 0 aliphatic rings. The van der Waals surface area contributed by atoms with E-state index in [2.05, 4.69) is 20.0 Å². The zero-order chi connectivity index (χ0) is 20.3. The number of esters is 1. The molecule has 1 aromatic heterocycles. The molecule has 3 rings (SSSR count). The van der Waals surface area contributed by atoms with Gasteiger partial charge in [0.2, 0.25) is 5.78 Å². The summed E-state index contributed by atoms with van der Waals surface area (Å²) >= 11 is 0. The fraction of sp³-hybridized carbons (Fsp3) is 0.105. The number of nitrogens with one attached hydrogen (secondary N) is 2. The van der Waals surface area contributed by atoms with Gasteiger partial charge in [0.05, 0.1) is 18.1 Å². The first kappa shape index (κ1) is 18.9. The zero-order valence-electron chi connectivity index (χ0n) is 14.6. The number of aromatic nitrogens is 2. The highest BCUT2D eigenvalue weighted by atomic mass is 19.1. The molecule has 3 aromatic rings. The van der Waals surface area contributed by atoms with Crippen LogP contribution in [0.1, 0.15) is 11.6 Å². The first-order valence-electron chi connectivity index (χ1n) is 8.08. The van der Waals surface area contributed by atoms with E-state index in [9.17, 15) is 23.6 Å². The van der Waals surface area contributed by atoms with Crippen molar-refractivity contribution in [1.29, 1.82) is 0 Å². The van der Waals surface area contributed by atoms with Crippen LogP contribution in [0.4, 0.5) is 10.1 Å². The molecule has 0 bridgehead atoms. The molecule has 28 heavy (non-hydrogen) atoms. The van der Waals surface area contributed by atoms with Crippen LogP contribution in [0.25, 0.3) is 11.0 Å². The van der Waals surface area contributed by atoms with Gasteiger partial charge in [-0.25, -0.2) is 9.37 Å². The van der Waals surface area contributed by atoms with Crippen molar-refractivity contribution in [1.82, 2.24) is 9.97 Å². The Balaban J connectivity index is 1.98. The Labute approximate surface area is 157 Å². The predicted octanol–water partition coefficient (Wildman–Crippen LogP) is 1.53. The highest BCUT2D eigenvalue weighted by Crippen LogP contribution is 2.18. The molecule has 0 aliphatic carbocycles. The number of hydrogen-bond acceptors (Lipinski definition) is 6. The number of carbonyl (C=O) groups excluding carboxylic acids is 3. The van der Waals surface area contributed by atoms with Gasteiger partial charge in [-0.15, -0.1) is 0 Å². The second-order valence-corrected chi connectivity index (χ2v) is 5.75. The Morgan fingerprint density at radius 2 is 1.79 bits per heavy atom. The summed E-state index contributed by atoms with van der Waals surface area (Å²) in [7, 11) is 1.02. The number of ether oxygens (including phenoxy) is 1. The van der Waals surface area contributed by atoms with Crippen LogP contribution in [-0.2, 0) is 19.1 Å². The van der Waals surface area contributed by atoms with E-state index in [1.165, 1.54) is 12.1 Å². The molecule has 2 N–H and O–H groups in total. The standard InChI is InChI=1S/C19H14FN3O5/c1-28-19(27)14(15-17(25)23-13-5-3-2-4-12(13)22-15)16(24)18(26)21-11-8-6-10(20)7-9-11/h2-9,14H,1H3,(H,21,26)(H,23,25). The van der Waals surface area contributed by atoms with E-state index in [0.29, 0.717) is 11.0 Å². The van der Waals surface area contributed by atoms with Crippen LogP contribution in [-0.4, -0.2) is 34.7 Å². The topological polar surface area (TPSA) is 118 Å². The van der Waals surface area contributed by atoms with Crippen LogP contribution in [0.3, 0.4) is 0 Å². The minimum Gasteiger partial charge on any atom is -0.468 e. The van der Waals surface area contributed by atoms with Crippen LogP contribution in [0, 0.1) is 5.82 Å². The molecule has 9 heteroatoms. The van der Waals surface area contributed by atoms with Gasteiger partial charge in [0.15, 0.2) is 5.92 Å². The first-order valence-corrected chi connectivity index (χ1v) is 8.08. The van der Waals surface area contributed by atoms with E-state index < -0.39 is 40.6 Å². The third kappa shape index (κ3) is 3.78. The lowest BCUT2D eigenvalue weighted by atomic mass is 9.99. The molecule has 142 valence electrons. The maximum Gasteiger partial charge on any atom is 0.323 e. The Morgan fingerprint density at radius 3 is 2.46 bits per heavy atom. The first-order chi connectivity index (χ1) is 13.4. The minimum absolute atomic E-state index is 0.142. The molecular weight excluding hydrogens is 369 g/mol. The summed E-state index contributed by atoms with van der Waals surface area (Å²) in [6.07, 6.45) is 0. The quantitative estimate of drug-likeness (QED) is 0.392. The number of benzene rings is 2. The molecule has 1 unspecified atom stereocenters. The van der Waals surface area contributed by atoms with Crippen molar-refractivity contribution in [2.24, 2.45) is 0 Å². The van der Waals surface area contributed by atoms with Crippen molar-refractivity contribution in [3.05, 3.63) is 70.4 Å². The maximum atomic E-state index is 13.0. The number of para-hydroxylation sites is 2. The van der Waals surface area contributed by atoms with E-state index in [1.54, 1.807) is 24.3 Å². The maximum absolute atomic E-state index is 13.0. The van der Waals surface area contributed by atoms with Crippen LogP contribution >= 0.6 is 0 Å². The smallest absolute Gasteiger partial charge is 0.323 e. The highest BCUT2D eigenvalue weighted by molar-refractivity contribution is 6.45. The van der Waals surface area contributed by atoms with Gasteiger partial charge < -0.3 is 15.0 Å². The number of H-pyrrole nitrogens is 1. The number of hydrogen-bond donors (Lipinski definition) is 2. The lowest BCUT2D eigenvalue weighted by Crippen LogP contribution is -2.37. The lowest BCUT2D eigenvalue weighted by molar-refractivity contribution is -0.148. The number of aromatic amines is 1. The number of halogens is 1. The van der Waals surface area contributed by atoms with Crippen molar-refractivity contribution in [2.75, 3.05) is 12.4 Å². The van der Waals surface area contributed by atoms with E-state index in [-0.39, 0.29) is 5.69 Å². The van der Waals surface area contributed by atoms with Crippen molar-refractivity contribution in [2.45, 2.75) is 5.92 Å². The summed E-state index contributed by atoms with van der Waals surface area (Å²) in [5.74, 6) is -5.88. The minimum atomic E-state index is -1.85. The van der Waals surface area contributed by atoms with Gasteiger partial charge in [0, 0.05) is 5.69 Å². The molecule has 0 radical (unpaired) electrons. The molecule has 2 aromatic carbocycles. The van der Waals surface area contributed by atoms with Crippen molar-refractivity contribution >= 4 is 34.4 Å². The number of fused-ring (bicyclic) bond motifs is 1. The average molecular weight is 383 g/mol.